The number of anilines is 1. The van der Waals surface area contributed by atoms with Gasteiger partial charge in [-0.05, 0) is 56.7 Å². The van der Waals surface area contributed by atoms with Crippen LogP contribution in [0, 0.1) is 5.92 Å². The third-order valence-electron chi connectivity index (χ3n) is 6.08. The number of rotatable bonds is 5. The van der Waals surface area contributed by atoms with Crippen molar-refractivity contribution in [3.8, 4) is 0 Å². The fourth-order valence-electron chi connectivity index (χ4n) is 4.21. The second-order valence-electron chi connectivity index (χ2n) is 8.25. The molecule has 1 aliphatic heterocycles. The molecule has 2 aliphatic rings. The summed E-state index contributed by atoms with van der Waals surface area (Å²) < 4.78 is 0. The molecule has 30 heavy (non-hydrogen) atoms. The van der Waals surface area contributed by atoms with Gasteiger partial charge in [0, 0.05) is 46.3 Å². The number of hydrogen-bond acceptors (Lipinski definition) is 3. The lowest BCUT2D eigenvalue weighted by atomic mass is 9.84. The maximum Gasteiger partial charge on any atom is 0.317 e. The molecule has 1 N–H and O–H groups in total. The molecule has 0 bridgehead atoms. The molecule has 1 saturated carbocycles. The molecule has 9 heteroatoms. The summed E-state index contributed by atoms with van der Waals surface area (Å²) in [5.74, 6) is 0.785. The summed E-state index contributed by atoms with van der Waals surface area (Å²) in [4.78, 5) is 18.3. The Kier molecular flexibility index (Phi) is 12.0. The lowest BCUT2D eigenvalue weighted by molar-refractivity contribution is 0.194. The number of hydrogen-bond donors (Lipinski definition) is 1. The maximum absolute atomic E-state index is 11.8. The molecule has 1 heterocycles. The molecular weight excluding hydrogens is 466 g/mol. The Morgan fingerprint density at radius 2 is 1.70 bits per heavy atom. The molecule has 1 aromatic rings. The van der Waals surface area contributed by atoms with Crippen LogP contribution in [0.4, 0.5) is 10.5 Å². The Hall–Kier alpha value is -0.590. The Balaban J connectivity index is 0.00000225. The van der Waals surface area contributed by atoms with Gasteiger partial charge < -0.3 is 15.1 Å². The number of urea groups is 1. The first kappa shape index (κ1) is 27.4. The number of nitrogens with one attached hydrogen (secondary N) is 1. The first-order valence-corrected chi connectivity index (χ1v) is 11.1. The number of halogens is 4. The van der Waals surface area contributed by atoms with Gasteiger partial charge in [0.1, 0.15) is 0 Å². The van der Waals surface area contributed by atoms with Crippen molar-refractivity contribution in [3.63, 3.8) is 0 Å². The van der Waals surface area contributed by atoms with Gasteiger partial charge in [-0.15, -0.1) is 24.8 Å². The van der Waals surface area contributed by atoms with Crippen LogP contribution in [0.5, 0.6) is 0 Å². The van der Waals surface area contributed by atoms with Gasteiger partial charge in [0.25, 0.3) is 0 Å². The van der Waals surface area contributed by atoms with Crippen molar-refractivity contribution in [2.75, 3.05) is 51.7 Å². The molecule has 1 aliphatic carbocycles. The molecule has 0 unspecified atom stereocenters. The SMILES string of the molecule is CN(C)C(=O)N[C@H]1CC[C@H](CCN2CCN(c3cccc(Cl)c3Cl)CC2)CC1.Cl.Cl. The second-order valence-corrected chi connectivity index (χ2v) is 9.04. The van der Waals surface area contributed by atoms with E-state index in [4.69, 9.17) is 23.2 Å². The monoisotopic (exact) mass is 498 g/mol. The van der Waals surface area contributed by atoms with E-state index in [1.54, 1.807) is 19.0 Å². The molecule has 0 spiro atoms. The molecule has 0 aromatic heterocycles. The molecule has 172 valence electrons. The summed E-state index contributed by atoms with van der Waals surface area (Å²) in [6.45, 7) is 5.28. The number of nitrogens with zero attached hydrogens (tertiary/aromatic N) is 3. The van der Waals surface area contributed by atoms with Crippen molar-refractivity contribution in [2.45, 2.75) is 38.1 Å². The number of benzene rings is 1. The van der Waals surface area contributed by atoms with Gasteiger partial charge in [0.05, 0.1) is 15.7 Å². The van der Waals surface area contributed by atoms with Crippen molar-refractivity contribution in [3.05, 3.63) is 28.2 Å². The second kappa shape index (κ2) is 13.1. The zero-order valence-corrected chi connectivity index (χ0v) is 20.9. The van der Waals surface area contributed by atoms with E-state index in [1.165, 1.54) is 19.3 Å². The summed E-state index contributed by atoms with van der Waals surface area (Å²) in [5.41, 5.74) is 1.05. The predicted molar refractivity (Wildman–Crippen MR) is 132 cm³/mol. The highest BCUT2D eigenvalue weighted by atomic mass is 35.5. The van der Waals surface area contributed by atoms with E-state index in [0.29, 0.717) is 16.1 Å². The highest BCUT2D eigenvalue weighted by molar-refractivity contribution is 6.43. The Morgan fingerprint density at radius 1 is 1.07 bits per heavy atom. The standard InChI is InChI=1S/C21H32Cl2N4O.2ClH/c1-25(2)21(28)24-17-8-6-16(7-9-17)10-11-26-12-14-27(15-13-26)19-5-3-4-18(22)20(19)23;;/h3-5,16-17H,6-15H2,1-2H3,(H,24,28);2*1H/t16-,17-;;. The summed E-state index contributed by atoms with van der Waals surface area (Å²) >= 11 is 12.5. The van der Waals surface area contributed by atoms with Gasteiger partial charge in [0.15, 0.2) is 0 Å². The molecule has 2 fully saturated rings. The van der Waals surface area contributed by atoms with E-state index in [9.17, 15) is 4.79 Å². The van der Waals surface area contributed by atoms with E-state index in [0.717, 1.165) is 57.2 Å². The molecule has 1 aromatic carbocycles. The highest BCUT2D eigenvalue weighted by Gasteiger charge is 2.24. The lowest BCUT2D eigenvalue weighted by Crippen LogP contribution is -2.47. The molecule has 3 rings (SSSR count). The third-order valence-corrected chi connectivity index (χ3v) is 6.89. The average molecular weight is 500 g/mol. The normalized spacial score (nSPS) is 21.9. The molecular formula is C21H34Cl4N4O. The van der Waals surface area contributed by atoms with Gasteiger partial charge in [-0.1, -0.05) is 29.3 Å². The zero-order valence-electron chi connectivity index (χ0n) is 17.8. The highest BCUT2D eigenvalue weighted by Crippen LogP contribution is 2.33. The Labute approximate surface area is 203 Å². The topological polar surface area (TPSA) is 38.8 Å². The van der Waals surface area contributed by atoms with Gasteiger partial charge >= 0.3 is 6.03 Å². The van der Waals surface area contributed by atoms with Crippen molar-refractivity contribution >= 4 is 59.7 Å². The summed E-state index contributed by atoms with van der Waals surface area (Å²) in [6, 6.07) is 6.23. The van der Waals surface area contributed by atoms with Crippen molar-refractivity contribution < 1.29 is 4.79 Å². The van der Waals surface area contributed by atoms with E-state index < -0.39 is 0 Å². The molecule has 1 saturated heterocycles. The van der Waals surface area contributed by atoms with Crippen LogP contribution in [0.25, 0.3) is 0 Å². The first-order valence-electron chi connectivity index (χ1n) is 10.3. The van der Waals surface area contributed by atoms with E-state index in [1.807, 2.05) is 12.1 Å². The summed E-state index contributed by atoms with van der Waals surface area (Å²) in [5, 5.41) is 4.41. The van der Waals surface area contributed by atoms with Crippen LogP contribution in [0.2, 0.25) is 10.0 Å². The number of carbonyl (C=O) groups is 1. The minimum atomic E-state index is 0. The molecule has 2 amide bonds. The maximum atomic E-state index is 11.8. The van der Waals surface area contributed by atoms with E-state index in [2.05, 4.69) is 21.2 Å². The summed E-state index contributed by atoms with van der Waals surface area (Å²) in [7, 11) is 3.59. The van der Waals surface area contributed by atoms with Gasteiger partial charge in [-0.25, -0.2) is 4.79 Å². The van der Waals surface area contributed by atoms with Crippen LogP contribution in [-0.2, 0) is 0 Å². The van der Waals surface area contributed by atoms with Gasteiger partial charge in [0.2, 0.25) is 0 Å². The van der Waals surface area contributed by atoms with Crippen molar-refractivity contribution in [1.29, 1.82) is 0 Å². The predicted octanol–water partition coefficient (Wildman–Crippen LogP) is 5.18. The quantitative estimate of drug-likeness (QED) is 0.606. The molecule has 0 radical (unpaired) electrons. The summed E-state index contributed by atoms with van der Waals surface area (Å²) in [6.07, 6.45) is 5.90. The molecule has 0 atom stereocenters. The number of piperazine rings is 1. The average Bonchev–Trinajstić information content (AvgIpc) is 2.70. The van der Waals surface area contributed by atoms with Crippen LogP contribution in [-0.4, -0.2) is 68.7 Å². The van der Waals surface area contributed by atoms with Crippen LogP contribution < -0.4 is 10.2 Å². The zero-order chi connectivity index (χ0) is 20.1. The van der Waals surface area contributed by atoms with Crippen LogP contribution in [0.1, 0.15) is 32.1 Å². The third kappa shape index (κ3) is 7.52. The minimum absolute atomic E-state index is 0. The van der Waals surface area contributed by atoms with Crippen molar-refractivity contribution in [1.82, 2.24) is 15.1 Å². The van der Waals surface area contributed by atoms with Crippen LogP contribution >= 0.6 is 48.0 Å². The first-order chi connectivity index (χ1) is 13.4. The Morgan fingerprint density at radius 3 is 2.30 bits per heavy atom. The number of amides is 2. The van der Waals surface area contributed by atoms with Crippen LogP contribution in [0.15, 0.2) is 18.2 Å². The molecule has 5 nitrogen and oxygen atoms in total. The number of carbonyl (C=O) groups excluding carboxylic acids is 1. The van der Waals surface area contributed by atoms with Gasteiger partial charge in [-0.2, -0.15) is 0 Å². The fraction of sp³-hybridized carbons (Fsp3) is 0.667. The fourth-order valence-corrected chi connectivity index (χ4v) is 4.63. The van der Waals surface area contributed by atoms with Crippen LogP contribution in [0.3, 0.4) is 0 Å². The minimum Gasteiger partial charge on any atom is -0.368 e. The smallest absolute Gasteiger partial charge is 0.317 e. The van der Waals surface area contributed by atoms with Gasteiger partial charge in [-0.3, -0.25) is 4.90 Å². The lowest BCUT2D eigenvalue weighted by Gasteiger charge is -2.37. The van der Waals surface area contributed by atoms with Crippen molar-refractivity contribution in [2.24, 2.45) is 5.92 Å². The van der Waals surface area contributed by atoms with E-state index >= 15 is 0 Å². The largest absolute Gasteiger partial charge is 0.368 e. The Bertz CT molecular complexity index is 660. The van der Waals surface area contributed by atoms with E-state index in [-0.39, 0.29) is 30.8 Å².